The normalized spacial score (nSPS) is 10.3. The number of aromatic amines is 1. The molecular weight excluding hydrogens is 244 g/mol. The number of hydrogen-bond acceptors (Lipinski definition) is 2. The average molecular weight is 260 g/mol. The van der Waals surface area contributed by atoms with Gasteiger partial charge in [-0.15, -0.1) is 0 Å². The van der Waals surface area contributed by atoms with E-state index in [1.807, 2.05) is 19.9 Å². The van der Waals surface area contributed by atoms with Crippen LogP contribution in [0.25, 0.3) is 10.9 Å². The zero-order chi connectivity index (χ0) is 14.0. The zero-order valence-electron chi connectivity index (χ0n) is 11.0. The molecule has 0 atom stereocenters. The summed E-state index contributed by atoms with van der Waals surface area (Å²) >= 11 is 0. The van der Waals surface area contributed by atoms with E-state index in [2.05, 4.69) is 21.2 Å². The molecule has 0 saturated carbocycles. The Bertz CT molecular complexity index is 645. The van der Waals surface area contributed by atoms with Crippen molar-refractivity contribution in [1.29, 1.82) is 0 Å². The highest BCUT2D eigenvalue weighted by Gasteiger charge is 2.10. The van der Waals surface area contributed by atoms with Crippen LogP contribution in [0.2, 0.25) is 0 Å². The van der Waals surface area contributed by atoms with Crippen LogP contribution in [0.3, 0.4) is 0 Å². The van der Waals surface area contributed by atoms with Crippen LogP contribution in [0.5, 0.6) is 0 Å². The van der Waals surface area contributed by atoms with Crippen LogP contribution in [0.15, 0.2) is 18.2 Å². The van der Waals surface area contributed by atoms with Gasteiger partial charge in [-0.1, -0.05) is 0 Å². The van der Waals surface area contributed by atoms with Crippen LogP contribution in [0.4, 0.5) is 4.79 Å². The number of urea groups is 1. The molecule has 0 aliphatic rings. The summed E-state index contributed by atoms with van der Waals surface area (Å²) < 4.78 is 0. The van der Waals surface area contributed by atoms with Crippen molar-refractivity contribution in [3.05, 3.63) is 35.0 Å². The number of benzene rings is 1. The fourth-order valence-corrected chi connectivity index (χ4v) is 1.85. The van der Waals surface area contributed by atoms with Gasteiger partial charge in [0.2, 0.25) is 0 Å². The van der Waals surface area contributed by atoms with Gasteiger partial charge >= 0.3 is 6.03 Å². The highest BCUT2D eigenvalue weighted by molar-refractivity contribution is 5.99. The van der Waals surface area contributed by atoms with Gasteiger partial charge in [0.05, 0.1) is 0 Å². The first-order chi connectivity index (χ1) is 9.02. The van der Waals surface area contributed by atoms with Gasteiger partial charge in [-0.2, -0.15) is 0 Å². The minimum Gasteiger partial charge on any atom is -0.358 e. The third-order valence-corrected chi connectivity index (χ3v) is 3.09. The molecule has 4 N–H and O–H groups in total. The summed E-state index contributed by atoms with van der Waals surface area (Å²) in [6, 6.07) is 4.89. The van der Waals surface area contributed by atoms with Crippen molar-refractivity contribution < 1.29 is 9.59 Å². The lowest BCUT2D eigenvalue weighted by Crippen LogP contribution is -2.45. The minimum absolute atomic E-state index is 0.358. The Morgan fingerprint density at radius 2 is 1.89 bits per heavy atom. The molecule has 0 unspecified atom stereocenters. The van der Waals surface area contributed by atoms with Crippen LogP contribution >= 0.6 is 0 Å². The smallest absolute Gasteiger partial charge is 0.333 e. The Hall–Kier alpha value is -2.50. The molecule has 19 heavy (non-hydrogen) atoms. The molecule has 6 nitrogen and oxygen atoms in total. The number of rotatable bonds is 1. The van der Waals surface area contributed by atoms with Crippen molar-refractivity contribution in [3.63, 3.8) is 0 Å². The molecule has 1 heterocycles. The standard InChI is InChI=1S/C13H16N4O2/c1-7-8(2)15-11-5-4-9(6-10(7)11)12(18)16-17-13(19)14-3/h4-6,15H,1-3H3,(H,16,18)(H2,14,17,19). The Labute approximate surface area is 110 Å². The topological polar surface area (TPSA) is 86.0 Å². The second-order valence-electron chi connectivity index (χ2n) is 4.29. The van der Waals surface area contributed by atoms with E-state index in [1.54, 1.807) is 12.1 Å². The van der Waals surface area contributed by atoms with Gasteiger partial charge in [-0.05, 0) is 37.6 Å². The number of aryl methyl sites for hydroxylation is 2. The van der Waals surface area contributed by atoms with Gasteiger partial charge in [0.25, 0.3) is 5.91 Å². The summed E-state index contributed by atoms with van der Waals surface area (Å²) in [6.07, 6.45) is 0. The van der Waals surface area contributed by atoms with Gasteiger partial charge in [-0.25, -0.2) is 10.2 Å². The van der Waals surface area contributed by atoms with E-state index in [-0.39, 0.29) is 5.91 Å². The molecule has 0 bridgehead atoms. The molecule has 6 heteroatoms. The highest BCUT2D eigenvalue weighted by Crippen LogP contribution is 2.22. The molecule has 2 rings (SSSR count). The number of H-pyrrole nitrogens is 1. The van der Waals surface area contributed by atoms with Crippen LogP contribution in [-0.4, -0.2) is 24.0 Å². The average Bonchev–Trinajstić information content (AvgIpc) is 2.70. The van der Waals surface area contributed by atoms with Crippen molar-refractivity contribution in [2.75, 3.05) is 7.05 Å². The molecule has 1 aromatic carbocycles. The maximum atomic E-state index is 11.9. The summed E-state index contributed by atoms with van der Waals surface area (Å²) in [5.74, 6) is -0.358. The largest absolute Gasteiger partial charge is 0.358 e. The fourth-order valence-electron chi connectivity index (χ4n) is 1.85. The van der Waals surface area contributed by atoms with Crippen LogP contribution in [0, 0.1) is 13.8 Å². The Morgan fingerprint density at radius 1 is 1.16 bits per heavy atom. The van der Waals surface area contributed by atoms with Gasteiger partial charge in [0, 0.05) is 29.2 Å². The highest BCUT2D eigenvalue weighted by atomic mass is 16.2. The van der Waals surface area contributed by atoms with E-state index in [9.17, 15) is 9.59 Å². The monoisotopic (exact) mass is 260 g/mol. The SMILES string of the molecule is CNC(=O)NNC(=O)c1ccc2[nH]c(C)c(C)c2c1. The van der Waals surface area contributed by atoms with Crippen molar-refractivity contribution >= 4 is 22.8 Å². The summed E-state index contributed by atoms with van der Waals surface area (Å²) in [6.45, 7) is 3.99. The minimum atomic E-state index is -0.469. The van der Waals surface area contributed by atoms with E-state index in [0.29, 0.717) is 5.56 Å². The van der Waals surface area contributed by atoms with Crippen LogP contribution in [0.1, 0.15) is 21.6 Å². The zero-order valence-corrected chi connectivity index (χ0v) is 11.0. The molecule has 2 aromatic rings. The summed E-state index contributed by atoms with van der Waals surface area (Å²) in [7, 11) is 1.47. The third kappa shape index (κ3) is 2.52. The van der Waals surface area contributed by atoms with Gasteiger partial charge in [0.15, 0.2) is 0 Å². The summed E-state index contributed by atoms with van der Waals surface area (Å²) in [4.78, 5) is 26.1. The number of aromatic nitrogens is 1. The van der Waals surface area contributed by atoms with Gasteiger partial charge in [-0.3, -0.25) is 10.2 Å². The van der Waals surface area contributed by atoms with Gasteiger partial charge in [0.1, 0.15) is 0 Å². The lowest BCUT2D eigenvalue weighted by atomic mass is 10.1. The van der Waals surface area contributed by atoms with Crippen LogP contribution < -0.4 is 16.2 Å². The van der Waals surface area contributed by atoms with E-state index in [0.717, 1.165) is 22.2 Å². The second-order valence-corrected chi connectivity index (χ2v) is 4.29. The number of carbonyl (C=O) groups is 2. The first-order valence-corrected chi connectivity index (χ1v) is 5.90. The van der Waals surface area contributed by atoms with E-state index < -0.39 is 6.03 Å². The molecule has 0 saturated heterocycles. The predicted octanol–water partition coefficient (Wildman–Crippen LogP) is 1.36. The molecule has 0 aliphatic heterocycles. The van der Waals surface area contributed by atoms with Crippen LogP contribution in [-0.2, 0) is 0 Å². The van der Waals surface area contributed by atoms with Crippen molar-refractivity contribution in [2.24, 2.45) is 0 Å². The second kappa shape index (κ2) is 5.01. The lowest BCUT2D eigenvalue weighted by Gasteiger charge is -2.06. The number of carbonyl (C=O) groups excluding carboxylic acids is 2. The molecule has 0 radical (unpaired) electrons. The number of hydrogen-bond donors (Lipinski definition) is 4. The summed E-state index contributed by atoms with van der Waals surface area (Å²) in [5, 5.41) is 3.35. The quantitative estimate of drug-likeness (QED) is 0.583. The Balaban J connectivity index is 2.23. The van der Waals surface area contributed by atoms with Gasteiger partial charge < -0.3 is 10.3 Å². The maximum absolute atomic E-state index is 11.9. The molecule has 0 spiro atoms. The lowest BCUT2D eigenvalue weighted by molar-refractivity contribution is 0.0936. The van der Waals surface area contributed by atoms with Crippen molar-refractivity contribution in [2.45, 2.75) is 13.8 Å². The van der Waals surface area contributed by atoms with E-state index in [4.69, 9.17) is 0 Å². The van der Waals surface area contributed by atoms with E-state index in [1.165, 1.54) is 7.05 Å². The Morgan fingerprint density at radius 3 is 2.58 bits per heavy atom. The fraction of sp³-hybridized carbons (Fsp3) is 0.231. The molecule has 1 aromatic heterocycles. The summed E-state index contributed by atoms with van der Waals surface area (Å²) in [5.41, 5.74) is 8.25. The third-order valence-electron chi connectivity index (χ3n) is 3.09. The van der Waals surface area contributed by atoms with Crippen molar-refractivity contribution in [3.8, 4) is 0 Å². The number of amides is 3. The number of nitrogens with one attached hydrogen (secondary N) is 4. The molecule has 3 amide bonds. The molecule has 0 aliphatic carbocycles. The Kier molecular flexibility index (Phi) is 3.41. The first kappa shape index (κ1) is 12.9. The number of hydrazine groups is 1. The first-order valence-electron chi connectivity index (χ1n) is 5.90. The van der Waals surface area contributed by atoms with E-state index >= 15 is 0 Å². The molecule has 0 fully saturated rings. The number of fused-ring (bicyclic) bond motifs is 1. The predicted molar refractivity (Wildman–Crippen MR) is 72.8 cm³/mol. The maximum Gasteiger partial charge on any atom is 0.333 e. The molecule has 100 valence electrons. The molecular formula is C13H16N4O2. The van der Waals surface area contributed by atoms with Crippen molar-refractivity contribution in [1.82, 2.24) is 21.2 Å².